The van der Waals surface area contributed by atoms with Crippen LogP contribution in [0, 0.1) is 6.92 Å². The fraction of sp³-hybridized carbons (Fsp3) is 0.722. The third-order valence-electron chi connectivity index (χ3n) is 4.00. The molecule has 1 aromatic rings. The van der Waals surface area contributed by atoms with Crippen molar-refractivity contribution < 1.29 is 0 Å². The van der Waals surface area contributed by atoms with Gasteiger partial charge in [-0.15, -0.1) is 0 Å². The molecule has 1 nitrogen and oxygen atoms in total. The lowest BCUT2D eigenvalue weighted by atomic mass is 9.93. The van der Waals surface area contributed by atoms with Gasteiger partial charge < -0.3 is 0 Å². The van der Waals surface area contributed by atoms with Gasteiger partial charge in [-0.3, -0.25) is 4.98 Å². The Morgan fingerprint density at radius 3 is 2.05 bits per heavy atom. The summed E-state index contributed by atoms with van der Waals surface area (Å²) < 4.78 is 0. The predicted molar refractivity (Wildman–Crippen MR) is 84.8 cm³/mol. The van der Waals surface area contributed by atoms with E-state index in [-0.39, 0.29) is 0 Å². The van der Waals surface area contributed by atoms with Gasteiger partial charge in [0.15, 0.2) is 0 Å². The van der Waals surface area contributed by atoms with Gasteiger partial charge in [-0.2, -0.15) is 0 Å². The summed E-state index contributed by atoms with van der Waals surface area (Å²) in [5.41, 5.74) is 5.94. The Kier molecular flexibility index (Phi) is 7.78. The van der Waals surface area contributed by atoms with Crippen molar-refractivity contribution in [1.82, 2.24) is 4.98 Å². The highest BCUT2D eigenvalue weighted by molar-refractivity contribution is 5.36. The number of hydrogen-bond donors (Lipinski definition) is 0. The van der Waals surface area contributed by atoms with Crippen LogP contribution >= 0.6 is 0 Å². The molecule has 0 aromatic carbocycles. The molecule has 0 N–H and O–H groups in total. The summed E-state index contributed by atoms with van der Waals surface area (Å²) >= 11 is 0. The molecule has 0 atom stereocenters. The van der Waals surface area contributed by atoms with Crippen molar-refractivity contribution in [2.45, 2.75) is 85.5 Å². The molecule has 1 heteroatoms. The molecule has 0 saturated carbocycles. The highest BCUT2D eigenvalue weighted by Crippen LogP contribution is 2.22. The maximum absolute atomic E-state index is 4.74. The monoisotopic (exact) mass is 261 g/mol. The lowest BCUT2D eigenvalue weighted by Crippen LogP contribution is -2.05. The molecular weight excluding hydrogens is 230 g/mol. The zero-order valence-corrected chi connectivity index (χ0v) is 13.4. The van der Waals surface area contributed by atoms with E-state index in [1.165, 1.54) is 68.2 Å². The third-order valence-corrected chi connectivity index (χ3v) is 4.00. The normalized spacial score (nSPS) is 10.9. The average molecular weight is 261 g/mol. The Labute approximate surface area is 119 Å². The Morgan fingerprint density at radius 2 is 1.42 bits per heavy atom. The van der Waals surface area contributed by atoms with Gasteiger partial charge in [-0.25, -0.2) is 0 Å². The molecule has 0 aliphatic carbocycles. The molecule has 1 rings (SSSR count). The zero-order chi connectivity index (χ0) is 14.1. The van der Waals surface area contributed by atoms with Crippen molar-refractivity contribution in [2.24, 2.45) is 0 Å². The van der Waals surface area contributed by atoms with Crippen molar-refractivity contribution >= 4 is 0 Å². The van der Waals surface area contributed by atoms with Gasteiger partial charge in [0.25, 0.3) is 0 Å². The lowest BCUT2D eigenvalue weighted by molar-refractivity contribution is 0.731. The van der Waals surface area contributed by atoms with Crippen molar-refractivity contribution in [1.29, 1.82) is 0 Å². The van der Waals surface area contributed by atoms with E-state index in [9.17, 15) is 0 Å². The van der Waals surface area contributed by atoms with Crippen molar-refractivity contribution in [3.63, 3.8) is 0 Å². The van der Waals surface area contributed by atoms with Crippen LogP contribution in [0.15, 0.2) is 6.20 Å². The van der Waals surface area contributed by atoms with Crippen molar-refractivity contribution in [2.75, 3.05) is 0 Å². The smallest absolute Gasteiger partial charge is 0.0435 e. The molecule has 0 saturated heterocycles. The standard InChI is InChI=1S/C18H31N/c1-5-8-11-16-14-19-18(13-10-7-3)15(4)17(16)12-9-6-2/h14H,5-13H2,1-4H3. The van der Waals surface area contributed by atoms with Gasteiger partial charge in [0.2, 0.25) is 0 Å². The Balaban J connectivity index is 2.94. The maximum Gasteiger partial charge on any atom is 0.0435 e. The largest absolute Gasteiger partial charge is 0.261 e. The van der Waals surface area contributed by atoms with Crippen LogP contribution in [-0.4, -0.2) is 4.98 Å². The fourth-order valence-electron chi connectivity index (χ4n) is 2.63. The molecule has 1 aromatic heterocycles. The summed E-state index contributed by atoms with van der Waals surface area (Å²) in [6.45, 7) is 9.09. The molecule has 0 aliphatic heterocycles. The van der Waals surface area contributed by atoms with Gasteiger partial charge in [-0.05, 0) is 62.1 Å². The van der Waals surface area contributed by atoms with Gasteiger partial charge in [-0.1, -0.05) is 40.0 Å². The molecule has 0 fully saturated rings. The Hall–Kier alpha value is -0.850. The fourth-order valence-corrected chi connectivity index (χ4v) is 2.63. The minimum atomic E-state index is 1.15. The van der Waals surface area contributed by atoms with Crippen LogP contribution in [0.5, 0.6) is 0 Å². The summed E-state index contributed by atoms with van der Waals surface area (Å²) in [6, 6.07) is 0. The number of nitrogens with zero attached hydrogens (tertiary/aromatic N) is 1. The number of pyridine rings is 1. The first kappa shape index (κ1) is 16.2. The van der Waals surface area contributed by atoms with Crippen molar-refractivity contribution in [3.8, 4) is 0 Å². The van der Waals surface area contributed by atoms with Gasteiger partial charge >= 0.3 is 0 Å². The van der Waals surface area contributed by atoms with Gasteiger partial charge in [0.05, 0.1) is 0 Å². The molecule has 0 aliphatic rings. The zero-order valence-electron chi connectivity index (χ0n) is 13.4. The topological polar surface area (TPSA) is 12.9 Å². The molecular formula is C18H31N. The second kappa shape index (κ2) is 9.12. The van der Waals surface area contributed by atoms with Gasteiger partial charge in [0, 0.05) is 11.9 Å². The number of rotatable bonds is 9. The first-order valence-electron chi connectivity index (χ1n) is 8.20. The third kappa shape index (κ3) is 4.97. The number of aryl methyl sites for hydroxylation is 2. The molecule has 0 spiro atoms. The quantitative estimate of drug-likeness (QED) is 0.578. The number of hydrogen-bond acceptors (Lipinski definition) is 1. The molecule has 0 radical (unpaired) electrons. The van der Waals surface area contributed by atoms with E-state index < -0.39 is 0 Å². The summed E-state index contributed by atoms with van der Waals surface area (Å²) in [6.07, 6.45) is 13.4. The van der Waals surface area contributed by atoms with Crippen LogP contribution in [0.2, 0.25) is 0 Å². The predicted octanol–water partition coefficient (Wildman–Crippen LogP) is 5.42. The Morgan fingerprint density at radius 1 is 0.842 bits per heavy atom. The second-order valence-electron chi connectivity index (χ2n) is 5.64. The van der Waals surface area contributed by atoms with E-state index in [4.69, 9.17) is 4.98 Å². The summed E-state index contributed by atoms with van der Waals surface area (Å²) in [5.74, 6) is 0. The molecule has 0 bridgehead atoms. The van der Waals surface area contributed by atoms with Crippen LogP contribution in [0.25, 0.3) is 0 Å². The molecule has 19 heavy (non-hydrogen) atoms. The van der Waals surface area contributed by atoms with Crippen LogP contribution in [0.4, 0.5) is 0 Å². The number of aromatic nitrogens is 1. The average Bonchev–Trinajstić information content (AvgIpc) is 2.43. The lowest BCUT2D eigenvalue weighted by Gasteiger charge is -2.15. The highest BCUT2D eigenvalue weighted by atomic mass is 14.7. The first-order chi connectivity index (χ1) is 9.24. The van der Waals surface area contributed by atoms with E-state index in [2.05, 4.69) is 33.9 Å². The maximum atomic E-state index is 4.74. The molecule has 108 valence electrons. The SMILES string of the molecule is CCCCc1cnc(CCCC)c(C)c1CCCC. The first-order valence-corrected chi connectivity index (χ1v) is 8.20. The second-order valence-corrected chi connectivity index (χ2v) is 5.64. The van der Waals surface area contributed by atoms with E-state index in [1.807, 2.05) is 0 Å². The Bertz CT molecular complexity index is 368. The number of unbranched alkanes of at least 4 members (excludes halogenated alkanes) is 3. The van der Waals surface area contributed by atoms with Crippen LogP contribution in [0.3, 0.4) is 0 Å². The minimum absolute atomic E-state index is 1.15. The van der Waals surface area contributed by atoms with E-state index in [0.717, 1.165) is 6.42 Å². The summed E-state index contributed by atoms with van der Waals surface area (Å²) in [5, 5.41) is 0. The molecule has 0 amide bonds. The van der Waals surface area contributed by atoms with Crippen LogP contribution in [0.1, 0.15) is 81.7 Å². The highest BCUT2D eigenvalue weighted by Gasteiger charge is 2.10. The molecule has 1 heterocycles. The van der Waals surface area contributed by atoms with Crippen LogP contribution in [-0.2, 0) is 19.3 Å². The van der Waals surface area contributed by atoms with Gasteiger partial charge in [0.1, 0.15) is 0 Å². The van der Waals surface area contributed by atoms with Crippen LogP contribution < -0.4 is 0 Å². The minimum Gasteiger partial charge on any atom is -0.261 e. The molecule has 0 unspecified atom stereocenters. The van der Waals surface area contributed by atoms with Crippen molar-refractivity contribution in [3.05, 3.63) is 28.6 Å². The van der Waals surface area contributed by atoms with E-state index in [0.29, 0.717) is 0 Å². The summed E-state index contributed by atoms with van der Waals surface area (Å²) in [7, 11) is 0. The van der Waals surface area contributed by atoms with E-state index in [1.54, 1.807) is 5.56 Å². The van der Waals surface area contributed by atoms with E-state index >= 15 is 0 Å². The summed E-state index contributed by atoms with van der Waals surface area (Å²) in [4.78, 5) is 4.74.